The Morgan fingerprint density at radius 2 is 1.71 bits per heavy atom. The number of sulfone groups is 1. The van der Waals surface area contributed by atoms with Gasteiger partial charge in [0.2, 0.25) is 0 Å². The Labute approximate surface area is 218 Å². The molecule has 2 N–H and O–H groups in total. The van der Waals surface area contributed by atoms with Crippen molar-refractivity contribution < 1.29 is 41.0 Å². The summed E-state index contributed by atoms with van der Waals surface area (Å²) in [7, 11) is -2.09. The summed E-state index contributed by atoms with van der Waals surface area (Å²) in [4.78, 5) is 28.7. The van der Waals surface area contributed by atoms with Crippen molar-refractivity contribution in [1.29, 1.82) is 0 Å². The number of hydrogen-bond donors (Lipinski definition) is 2. The lowest BCUT2D eigenvalue weighted by Crippen LogP contribution is -2.49. The first-order chi connectivity index (χ1) is 17.6. The quantitative estimate of drug-likeness (QED) is 0.561. The number of rotatable bonds is 6. The van der Waals surface area contributed by atoms with Crippen LogP contribution in [0.3, 0.4) is 0 Å². The molecule has 2 aromatic rings. The number of ether oxygens (including phenoxy) is 1. The molecule has 0 spiro atoms. The molecular formula is C26H29F3N2O6S. The second-order valence-electron chi connectivity index (χ2n) is 10.0. The van der Waals surface area contributed by atoms with E-state index in [2.05, 4.69) is 5.32 Å². The lowest BCUT2D eigenvalue weighted by atomic mass is 9.95. The molecular weight excluding hydrogens is 525 g/mol. The second kappa shape index (κ2) is 9.65. The van der Waals surface area contributed by atoms with Gasteiger partial charge in [-0.1, -0.05) is 18.2 Å². The molecule has 206 valence electrons. The maximum atomic E-state index is 13.7. The van der Waals surface area contributed by atoms with Gasteiger partial charge in [0.1, 0.15) is 11.6 Å². The van der Waals surface area contributed by atoms with E-state index >= 15 is 0 Å². The molecule has 2 aliphatic rings. The second-order valence-corrected chi connectivity index (χ2v) is 12.0. The van der Waals surface area contributed by atoms with E-state index in [1.165, 1.54) is 42.3 Å². The van der Waals surface area contributed by atoms with E-state index in [0.29, 0.717) is 30.9 Å². The Morgan fingerprint density at radius 1 is 1.11 bits per heavy atom. The molecule has 2 aromatic carbocycles. The van der Waals surface area contributed by atoms with Gasteiger partial charge in [-0.2, -0.15) is 13.2 Å². The van der Waals surface area contributed by atoms with E-state index in [0.717, 1.165) is 31.2 Å². The normalized spacial score (nSPS) is 20.6. The summed E-state index contributed by atoms with van der Waals surface area (Å²) < 4.78 is 69.4. The van der Waals surface area contributed by atoms with Crippen molar-refractivity contribution in [3.63, 3.8) is 0 Å². The Hall–Kier alpha value is -2.96. The zero-order chi connectivity index (χ0) is 28.1. The number of nitrogens with one attached hydrogen (secondary N) is 1. The highest BCUT2D eigenvalue weighted by Crippen LogP contribution is 2.42. The summed E-state index contributed by atoms with van der Waals surface area (Å²) in [6.07, 6.45) is -1.30. The van der Waals surface area contributed by atoms with E-state index in [9.17, 15) is 36.3 Å². The van der Waals surface area contributed by atoms with Gasteiger partial charge in [-0.3, -0.25) is 9.59 Å². The Balaban J connectivity index is 1.67. The maximum Gasteiger partial charge on any atom is 0.421 e. The Kier molecular flexibility index (Phi) is 7.13. The average Bonchev–Trinajstić information content (AvgIpc) is 3.48. The van der Waals surface area contributed by atoms with Crippen LogP contribution in [-0.2, 0) is 36.3 Å². The van der Waals surface area contributed by atoms with Gasteiger partial charge >= 0.3 is 6.18 Å². The molecule has 2 unspecified atom stereocenters. The van der Waals surface area contributed by atoms with Crippen LogP contribution in [0.5, 0.6) is 0 Å². The van der Waals surface area contributed by atoms with Crippen molar-refractivity contribution in [1.82, 2.24) is 4.90 Å². The molecule has 0 bridgehead atoms. The first-order valence-electron chi connectivity index (χ1n) is 12.0. The number of anilines is 1. The van der Waals surface area contributed by atoms with Crippen molar-refractivity contribution in [2.75, 3.05) is 18.7 Å². The fraction of sp³-hybridized carbons (Fsp3) is 0.462. The van der Waals surface area contributed by atoms with Gasteiger partial charge in [-0.25, -0.2) is 8.42 Å². The van der Waals surface area contributed by atoms with Gasteiger partial charge in [-0.05, 0) is 73.6 Å². The molecule has 0 aromatic heterocycles. The summed E-state index contributed by atoms with van der Waals surface area (Å²) in [5, 5.41) is 12.5. The first-order valence-corrected chi connectivity index (χ1v) is 13.9. The minimum absolute atomic E-state index is 0.00584. The molecule has 1 aliphatic carbocycles. The minimum Gasteiger partial charge on any atom is -0.376 e. The summed E-state index contributed by atoms with van der Waals surface area (Å²) >= 11 is 0. The average molecular weight is 555 g/mol. The number of nitrogens with zero attached hydrogens (tertiary/aromatic N) is 1. The number of alkyl halides is 3. The van der Waals surface area contributed by atoms with Gasteiger partial charge in [0.25, 0.3) is 11.8 Å². The molecule has 8 nitrogen and oxygen atoms in total. The molecule has 1 heterocycles. The van der Waals surface area contributed by atoms with Crippen LogP contribution < -0.4 is 5.32 Å². The highest BCUT2D eigenvalue weighted by Gasteiger charge is 2.51. The third kappa shape index (κ3) is 4.92. The van der Waals surface area contributed by atoms with Crippen LogP contribution in [0.1, 0.15) is 55.3 Å². The zero-order valence-corrected chi connectivity index (χ0v) is 21.9. The van der Waals surface area contributed by atoms with Crippen molar-refractivity contribution in [3.05, 3.63) is 59.2 Å². The fourth-order valence-corrected chi connectivity index (χ4v) is 5.77. The van der Waals surface area contributed by atoms with Crippen molar-refractivity contribution in [3.8, 4) is 0 Å². The summed E-state index contributed by atoms with van der Waals surface area (Å²) in [5.41, 5.74) is -3.46. The number of carbonyl (C=O) groups excluding carboxylic acids is 2. The SMILES string of the molecule is COC1(C(=O)N2Cc3cc(S(C)(=O)=O)ccc3C2C(=O)Nc2ccc(C(C)(O)C(F)(F)F)cc2)CCCC1. The molecule has 1 fully saturated rings. The Bertz CT molecular complexity index is 1350. The third-order valence-electron chi connectivity index (χ3n) is 7.46. The number of methoxy groups -OCH3 is 1. The van der Waals surface area contributed by atoms with Gasteiger partial charge in [0.05, 0.1) is 4.90 Å². The summed E-state index contributed by atoms with van der Waals surface area (Å²) in [6, 6.07) is 7.79. The van der Waals surface area contributed by atoms with E-state index in [-0.39, 0.29) is 23.0 Å². The highest BCUT2D eigenvalue weighted by atomic mass is 32.2. The molecule has 2 amide bonds. The van der Waals surface area contributed by atoms with Crippen LogP contribution in [-0.4, -0.2) is 55.4 Å². The Morgan fingerprint density at radius 3 is 2.24 bits per heavy atom. The molecule has 12 heteroatoms. The summed E-state index contributed by atoms with van der Waals surface area (Å²) in [6.45, 7) is 0.632. The number of benzene rings is 2. The van der Waals surface area contributed by atoms with Crippen LogP contribution in [0.25, 0.3) is 0 Å². The topological polar surface area (TPSA) is 113 Å². The van der Waals surface area contributed by atoms with Crippen LogP contribution in [0.15, 0.2) is 47.4 Å². The zero-order valence-electron chi connectivity index (χ0n) is 21.1. The number of amides is 2. The number of carbonyl (C=O) groups is 2. The van der Waals surface area contributed by atoms with E-state index in [1.807, 2.05) is 0 Å². The van der Waals surface area contributed by atoms with Crippen LogP contribution >= 0.6 is 0 Å². The molecule has 1 aliphatic heterocycles. The van der Waals surface area contributed by atoms with Gasteiger partial charge in [-0.15, -0.1) is 0 Å². The number of aliphatic hydroxyl groups is 1. The highest BCUT2D eigenvalue weighted by molar-refractivity contribution is 7.90. The largest absolute Gasteiger partial charge is 0.421 e. The maximum absolute atomic E-state index is 13.7. The first kappa shape index (κ1) is 28.1. The molecule has 0 saturated heterocycles. The van der Waals surface area contributed by atoms with Crippen LogP contribution in [0.2, 0.25) is 0 Å². The monoisotopic (exact) mass is 554 g/mol. The predicted octanol–water partition coefficient (Wildman–Crippen LogP) is 3.84. The predicted molar refractivity (Wildman–Crippen MR) is 132 cm³/mol. The lowest BCUT2D eigenvalue weighted by molar-refractivity contribution is -0.258. The van der Waals surface area contributed by atoms with Crippen LogP contribution in [0.4, 0.5) is 18.9 Å². The van der Waals surface area contributed by atoms with Crippen molar-refractivity contribution >= 4 is 27.3 Å². The molecule has 0 radical (unpaired) electrons. The number of fused-ring (bicyclic) bond motifs is 1. The van der Waals surface area contributed by atoms with Gasteiger partial charge in [0.15, 0.2) is 15.4 Å². The molecule has 38 heavy (non-hydrogen) atoms. The molecule has 1 saturated carbocycles. The fourth-order valence-electron chi connectivity index (χ4n) is 5.10. The molecule has 4 rings (SSSR count). The minimum atomic E-state index is -4.89. The third-order valence-corrected chi connectivity index (χ3v) is 8.57. The smallest absolute Gasteiger partial charge is 0.376 e. The summed E-state index contributed by atoms with van der Waals surface area (Å²) in [5.74, 6) is -1.00. The van der Waals surface area contributed by atoms with Gasteiger partial charge in [0, 0.05) is 25.6 Å². The van der Waals surface area contributed by atoms with Crippen LogP contribution in [0, 0.1) is 0 Å². The van der Waals surface area contributed by atoms with E-state index < -0.39 is 44.7 Å². The van der Waals surface area contributed by atoms with Crippen molar-refractivity contribution in [2.45, 2.75) is 67.5 Å². The standard InChI is InChI=1S/C26H29F3N2O6S/c1-24(34,26(27,28)29)17-6-8-18(9-7-17)30-22(32)21-20-11-10-19(38(3,35)36)14-16(20)15-31(21)23(33)25(37-2)12-4-5-13-25/h6-11,14,21,34H,4-5,12-13,15H2,1-3H3,(H,30,32). The van der Waals surface area contributed by atoms with E-state index in [1.54, 1.807) is 0 Å². The van der Waals surface area contributed by atoms with E-state index in [4.69, 9.17) is 4.74 Å². The van der Waals surface area contributed by atoms with Gasteiger partial charge < -0.3 is 20.1 Å². The van der Waals surface area contributed by atoms with Crippen molar-refractivity contribution in [2.24, 2.45) is 0 Å². The number of halogens is 3. The molecule has 2 atom stereocenters. The number of hydrogen-bond acceptors (Lipinski definition) is 6. The lowest BCUT2D eigenvalue weighted by Gasteiger charge is -2.34.